The predicted molar refractivity (Wildman–Crippen MR) is 113 cm³/mol. The van der Waals surface area contributed by atoms with E-state index in [1.54, 1.807) is 7.11 Å². The first-order chi connectivity index (χ1) is 14.7. The van der Waals surface area contributed by atoms with Crippen molar-refractivity contribution in [3.05, 3.63) is 59.2 Å². The number of rotatable bonds is 3. The molecular formula is C25H26N2O3. The highest BCUT2D eigenvalue weighted by Crippen LogP contribution is 2.59. The summed E-state index contributed by atoms with van der Waals surface area (Å²) in [5, 5.41) is 14.0. The van der Waals surface area contributed by atoms with Gasteiger partial charge in [-0.15, -0.1) is 0 Å². The van der Waals surface area contributed by atoms with Crippen LogP contribution in [0.4, 0.5) is 5.69 Å². The normalized spacial score (nSPS) is 30.6. The van der Waals surface area contributed by atoms with Crippen LogP contribution >= 0.6 is 0 Å². The Hall–Kier alpha value is -3.00. The number of carbonyl (C=O) groups is 1. The Bertz CT molecular complexity index is 1030. The second kappa shape index (κ2) is 7.36. The molecule has 2 aliphatic carbocycles. The minimum Gasteiger partial charge on any atom is -0.497 e. The molecule has 5 rings (SSSR count). The van der Waals surface area contributed by atoms with Crippen LogP contribution in [0.15, 0.2) is 42.5 Å². The highest BCUT2D eigenvalue weighted by atomic mass is 16.5. The van der Waals surface area contributed by atoms with Crippen molar-refractivity contribution < 1.29 is 14.3 Å². The van der Waals surface area contributed by atoms with Crippen LogP contribution in [0.5, 0.6) is 5.75 Å². The molecule has 6 atom stereocenters. The molecule has 2 aromatic rings. The third kappa shape index (κ3) is 2.70. The Kier molecular flexibility index (Phi) is 4.66. The molecule has 0 bridgehead atoms. The van der Waals surface area contributed by atoms with Crippen molar-refractivity contribution in [2.75, 3.05) is 19.0 Å². The second-order valence-electron chi connectivity index (χ2n) is 8.51. The van der Waals surface area contributed by atoms with E-state index in [0.717, 1.165) is 29.8 Å². The van der Waals surface area contributed by atoms with Crippen LogP contribution in [0.2, 0.25) is 0 Å². The minimum atomic E-state index is -0.471. The first-order valence-electron chi connectivity index (χ1n) is 10.8. The Morgan fingerprint density at radius 3 is 2.80 bits per heavy atom. The molecule has 0 spiro atoms. The van der Waals surface area contributed by atoms with E-state index in [-0.39, 0.29) is 29.8 Å². The molecule has 154 valence electrons. The number of hydrogen-bond acceptors (Lipinski definition) is 5. The number of fused-ring (bicyclic) bond motifs is 7. The molecule has 5 nitrogen and oxygen atoms in total. The van der Waals surface area contributed by atoms with Gasteiger partial charge in [0.25, 0.3) is 0 Å². The summed E-state index contributed by atoms with van der Waals surface area (Å²) in [6.45, 7) is 2.15. The first-order valence-corrected chi connectivity index (χ1v) is 10.8. The largest absolute Gasteiger partial charge is 0.497 e. The van der Waals surface area contributed by atoms with E-state index in [4.69, 9.17) is 9.47 Å². The lowest BCUT2D eigenvalue weighted by molar-refractivity contribution is -0.153. The Morgan fingerprint density at radius 2 is 2.03 bits per heavy atom. The first kappa shape index (κ1) is 19.0. The quantitative estimate of drug-likeness (QED) is 0.777. The number of ether oxygens (including phenoxy) is 2. The van der Waals surface area contributed by atoms with E-state index in [1.165, 1.54) is 11.1 Å². The molecule has 1 aliphatic heterocycles. The van der Waals surface area contributed by atoms with Gasteiger partial charge in [-0.05, 0) is 60.6 Å². The van der Waals surface area contributed by atoms with Gasteiger partial charge < -0.3 is 14.8 Å². The molecule has 0 aromatic heterocycles. The number of aryl methyl sites for hydroxylation is 1. The summed E-state index contributed by atoms with van der Waals surface area (Å²) < 4.78 is 11.0. The maximum Gasteiger partial charge on any atom is 0.310 e. The van der Waals surface area contributed by atoms with Gasteiger partial charge in [0.15, 0.2) is 0 Å². The summed E-state index contributed by atoms with van der Waals surface area (Å²) in [5.41, 5.74) is 4.64. The summed E-state index contributed by atoms with van der Waals surface area (Å²) in [6.07, 6.45) is 1.92. The van der Waals surface area contributed by atoms with Gasteiger partial charge in [-0.25, -0.2) is 0 Å². The number of benzene rings is 2. The number of nitriles is 1. The van der Waals surface area contributed by atoms with Crippen molar-refractivity contribution in [3.63, 3.8) is 0 Å². The third-order valence-corrected chi connectivity index (χ3v) is 7.28. The molecule has 0 amide bonds. The molecule has 1 N–H and O–H groups in total. The summed E-state index contributed by atoms with van der Waals surface area (Å²) in [7, 11) is 1.67. The van der Waals surface area contributed by atoms with Gasteiger partial charge in [0.05, 0.1) is 31.6 Å². The number of carbonyl (C=O) groups excluding carboxylic acids is 1. The summed E-state index contributed by atoms with van der Waals surface area (Å²) in [6, 6.07) is 17.0. The van der Waals surface area contributed by atoms with Crippen LogP contribution in [-0.4, -0.2) is 25.7 Å². The van der Waals surface area contributed by atoms with Gasteiger partial charge in [-0.3, -0.25) is 4.79 Å². The highest BCUT2D eigenvalue weighted by Gasteiger charge is 2.58. The molecule has 0 saturated heterocycles. The number of nitrogens with one attached hydrogen (secondary N) is 1. The summed E-state index contributed by atoms with van der Waals surface area (Å²) >= 11 is 0. The van der Waals surface area contributed by atoms with Crippen LogP contribution < -0.4 is 10.1 Å². The topological polar surface area (TPSA) is 71.4 Å². The number of methoxy groups -OCH3 is 1. The van der Waals surface area contributed by atoms with Crippen molar-refractivity contribution in [2.45, 2.75) is 37.6 Å². The van der Waals surface area contributed by atoms with Crippen molar-refractivity contribution in [3.8, 4) is 11.8 Å². The zero-order valence-corrected chi connectivity index (χ0v) is 17.3. The van der Waals surface area contributed by atoms with Gasteiger partial charge in [0.2, 0.25) is 0 Å². The Morgan fingerprint density at radius 1 is 1.20 bits per heavy atom. The number of hydrogen-bond donors (Lipinski definition) is 1. The van der Waals surface area contributed by atoms with Crippen LogP contribution in [0.1, 0.15) is 41.9 Å². The molecule has 30 heavy (non-hydrogen) atoms. The SMILES string of the molecule is CCOC(=O)C1C(C#N)C2c3ccccc3NC2C2CCc3cc(OC)ccc3C21. The summed E-state index contributed by atoms with van der Waals surface area (Å²) in [4.78, 5) is 13.2. The average molecular weight is 402 g/mol. The Labute approximate surface area is 177 Å². The lowest BCUT2D eigenvalue weighted by Crippen LogP contribution is -2.51. The fourth-order valence-electron chi connectivity index (χ4n) is 6.16. The zero-order valence-electron chi connectivity index (χ0n) is 17.3. The van der Waals surface area contributed by atoms with E-state index in [2.05, 4.69) is 35.7 Å². The predicted octanol–water partition coefficient (Wildman–Crippen LogP) is 4.25. The molecule has 5 heteroatoms. The fraction of sp³-hybridized carbons (Fsp3) is 0.440. The number of para-hydroxylation sites is 1. The monoisotopic (exact) mass is 402 g/mol. The van der Waals surface area contributed by atoms with E-state index in [9.17, 15) is 10.1 Å². The van der Waals surface area contributed by atoms with E-state index in [1.807, 2.05) is 25.1 Å². The summed E-state index contributed by atoms with van der Waals surface area (Å²) in [5.74, 6) is -0.0844. The molecule has 2 aromatic carbocycles. The van der Waals surface area contributed by atoms with Gasteiger partial charge in [-0.2, -0.15) is 5.26 Å². The highest BCUT2D eigenvalue weighted by molar-refractivity contribution is 5.77. The molecular weight excluding hydrogens is 376 g/mol. The van der Waals surface area contributed by atoms with Crippen LogP contribution in [0.3, 0.4) is 0 Å². The van der Waals surface area contributed by atoms with Crippen molar-refractivity contribution in [1.29, 1.82) is 5.26 Å². The van der Waals surface area contributed by atoms with E-state index in [0.29, 0.717) is 6.61 Å². The van der Waals surface area contributed by atoms with Crippen LogP contribution in [0, 0.1) is 29.1 Å². The Balaban J connectivity index is 1.66. The molecule has 1 heterocycles. The number of anilines is 1. The lowest BCUT2D eigenvalue weighted by Gasteiger charge is -2.49. The smallest absolute Gasteiger partial charge is 0.310 e. The van der Waals surface area contributed by atoms with E-state index >= 15 is 0 Å². The third-order valence-electron chi connectivity index (χ3n) is 7.28. The van der Waals surface area contributed by atoms with Gasteiger partial charge in [-0.1, -0.05) is 24.3 Å². The standard InChI is InChI=1S/C25H26N2O3/c1-3-30-25(28)23-19(13-26)22-17-6-4-5-7-20(17)27-24(22)18-10-8-14-12-15(29-2)9-11-16(14)21(18)23/h4-7,9,11-12,18-19,21-24,27H,3,8,10H2,1-2H3. The van der Waals surface area contributed by atoms with Gasteiger partial charge >= 0.3 is 5.97 Å². The van der Waals surface area contributed by atoms with Gasteiger partial charge in [0, 0.05) is 23.6 Å². The van der Waals surface area contributed by atoms with Crippen LogP contribution in [-0.2, 0) is 16.0 Å². The fourth-order valence-corrected chi connectivity index (χ4v) is 6.16. The second-order valence-corrected chi connectivity index (χ2v) is 8.51. The minimum absolute atomic E-state index is 0.00153. The molecule has 0 radical (unpaired) electrons. The van der Waals surface area contributed by atoms with E-state index < -0.39 is 11.8 Å². The maximum atomic E-state index is 13.2. The van der Waals surface area contributed by atoms with Crippen LogP contribution in [0.25, 0.3) is 0 Å². The number of esters is 1. The van der Waals surface area contributed by atoms with Crippen molar-refractivity contribution >= 4 is 11.7 Å². The van der Waals surface area contributed by atoms with Gasteiger partial charge in [0.1, 0.15) is 5.75 Å². The molecule has 1 fully saturated rings. The molecule has 3 aliphatic rings. The maximum absolute atomic E-state index is 13.2. The van der Waals surface area contributed by atoms with Crippen molar-refractivity contribution in [2.24, 2.45) is 17.8 Å². The average Bonchev–Trinajstić information content (AvgIpc) is 3.17. The molecule has 6 unspecified atom stereocenters. The lowest BCUT2D eigenvalue weighted by atomic mass is 9.54. The number of nitrogens with zero attached hydrogens (tertiary/aromatic N) is 1. The molecule has 1 saturated carbocycles. The van der Waals surface area contributed by atoms with Crippen molar-refractivity contribution in [1.82, 2.24) is 0 Å². The zero-order chi connectivity index (χ0) is 20.8.